The summed E-state index contributed by atoms with van der Waals surface area (Å²) in [6.07, 6.45) is 0. The van der Waals surface area contributed by atoms with Crippen LogP contribution >= 0.6 is 15.9 Å². The Morgan fingerprint density at radius 1 is 1.44 bits per heavy atom. The van der Waals surface area contributed by atoms with E-state index in [2.05, 4.69) is 26.1 Å². The Hall–Kier alpha value is -1.27. The van der Waals surface area contributed by atoms with Crippen LogP contribution in [0.5, 0.6) is 0 Å². The highest BCUT2D eigenvalue weighted by Gasteiger charge is 2.14. The molecule has 0 amide bonds. The minimum absolute atomic E-state index is 0.319. The van der Waals surface area contributed by atoms with Crippen molar-refractivity contribution in [2.24, 2.45) is 5.73 Å². The summed E-state index contributed by atoms with van der Waals surface area (Å²) in [6, 6.07) is 3.92. The Bertz CT molecular complexity index is 513. The SMILES string of the molecule is CC(N)c1nnc(-c2ccc(F)cc2Br)o1. The summed E-state index contributed by atoms with van der Waals surface area (Å²) in [5.41, 5.74) is 6.24. The quantitative estimate of drug-likeness (QED) is 0.921. The molecule has 1 unspecified atom stereocenters. The summed E-state index contributed by atoms with van der Waals surface area (Å²) in [7, 11) is 0. The molecular formula is C10H9BrFN3O. The van der Waals surface area contributed by atoms with Gasteiger partial charge in [0, 0.05) is 4.47 Å². The number of benzene rings is 1. The van der Waals surface area contributed by atoms with Crippen molar-refractivity contribution in [3.8, 4) is 11.5 Å². The van der Waals surface area contributed by atoms with Crippen LogP contribution < -0.4 is 5.73 Å². The summed E-state index contributed by atoms with van der Waals surface area (Å²) in [4.78, 5) is 0. The second kappa shape index (κ2) is 4.31. The van der Waals surface area contributed by atoms with Gasteiger partial charge >= 0.3 is 0 Å². The summed E-state index contributed by atoms with van der Waals surface area (Å²) >= 11 is 3.23. The van der Waals surface area contributed by atoms with Gasteiger partial charge in [-0.05, 0) is 41.1 Å². The molecule has 1 atom stereocenters. The van der Waals surface area contributed by atoms with Gasteiger partial charge in [0.1, 0.15) is 5.82 Å². The van der Waals surface area contributed by atoms with Gasteiger partial charge < -0.3 is 10.2 Å². The number of nitrogens with two attached hydrogens (primary N) is 1. The first-order chi connectivity index (χ1) is 7.58. The summed E-state index contributed by atoms with van der Waals surface area (Å²) in [5.74, 6) is 0.341. The molecule has 1 aromatic carbocycles. The molecule has 0 aliphatic heterocycles. The minimum Gasteiger partial charge on any atom is -0.419 e. The van der Waals surface area contributed by atoms with Crippen molar-refractivity contribution in [3.05, 3.63) is 34.4 Å². The minimum atomic E-state index is -0.331. The fourth-order valence-corrected chi connectivity index (χ4v) is 1.71. The van der Waals surface area contributed by atoms with Crippen LogP contribution in [0.1, 0.15) is 18.9 Å². The van der Waals surface area contributed by atoms with Crippen LogP contribution in [0, 0.1) is 5.82 Å². The largest absolute Gasteiger partial charge is 0.419 e. The maximum atomic E-state index is 12.9. The molecular weight excluding hydrogens is 277 g/mol. The number of hydrogen-bond donors (Lipinski definition) is 1. The summed E-state index contributed by atoms with van der Waals surface area (Å²) in [6.45, 7) is 1.75. The highest BCUT2D eigenvalue weighted by Crippen LogP contribution is 2.28. The topological polar surface area (TPSA) is 64.9 Å². The van der Waals surface area contributed by atoms with Gasteiger partial charge in [0.25, 0.3) is 0 Å². The molecule has 0 aliphatic rings. The zero-order valence-electron chi connectivity index (χ0n) is 8.45. The van der Waals surface area contributed by atoms with E-state index in [1.807, 2.05) is 0 Å². The average molecular weight is 286 g/mol. The van der Waals surface area contributed by atoms with Gasteiger partial charge in [-0.2, -0.15) is 0 Å². The van der Waals surface area contributed by atoms with Crippen molar-refractivity contribution < 1.29 is 8.81 Å². The lowest BCUT2D eigenvalue weighted by atomic mass is 10.2. The second-order valence-electron chi connectivity index (χ2n) is 3.36. The molecule has 0 saturated carbocycles. The zero-order valence-corrected chi connectivity index (χ0v) is 10.0. The van der Waals surface area contributed by atoms with Crippen LogP contribution in [-0.4, -0.2) is 10.2 Å². The highest BCUT2D eigenvalue weighted by atomic mass is 79.9. The normalized spacial score (nSPS) is 12.8. The molecule has 2 N–H and O–H groups in total. The third-order valence-electron chi connectivity index (χ3n) is 1.99. The van der Waals surface area contributed by atoms with Gasteiger partial charge in [-0.15, -0.1) is 10.2 Å². The van der Waals surface area contributed by atoms with Crippen LogP contribution in [0.4, 0.5) is 4.39 Å². The van der Waals surface area contributed by atoms with Crippen LogP contribution in [0.2, 0.25) is 0 Å². The van der Waals surface area contributed by atoms with Gasteiger partial charge in [-0.3, -0.25) is 0 Å². The summed E-state index contributed by atoms with van der Waals surface area (Å²) < 4.78 is 18.8. The van der Waals surface area contributed by atoms with Gasteiger partial charge in [-0.25, -0.2) is 4.39 Å². The van der Waals surface area contributed by atoms with Crippen molar-refractivity contribution in [1.82, 2.24) is 10.2 Å². The number of rotatable bonds is 2. The van der Waals surface area contributed by atoms with E-state index in [0.717, 1.165) is 0 Å². The molecule has 1 heterocycles. The van der Waals surface area contributed by atoms with Crippen LogP contribution in [0.3, 0.4) is 0 Å². The molecule has 6 heteroatoms. The van der Waals surface area contributed by atoms with Gasteiger partial charge in [0.2, 0.25) is 11.8 Å². The average Bonchev–Trinajstić information content (AvgIpc) is 2.66. The molecule has 2 rings (SSSR count). The maximum absolute atomic E-state index is 12.9. The van der Waals surface area contributed by atoms with E-state index in [1.54, 1.807) is 13.0 Å². The Balaban J connectivity index is 2.42. The van der Waals surface area contributed by atoms with E-state index < -0.39 is 0 Å². The molecule has 0 spiro atoms. The zero-order chi connectivity index (χ0) is 11.7. The van der Waals surface area contributed by atoms with Crippen molar-refractivity contribution in [2.45, 2.75) is 13.0 Å². The standard InChI is InChI=1S/C10H9BrFN3O/c1-5(13)9-14-15-10(16-9)7-3-2-6(12)4-8(7)11/h2-5H,13H2,1H3. The monoisotopic (exact) mass is 285 g/mol. The Kier molecular flexibility index (Phi) is 3.02. The number of aromatic nitrogens is 2. The lowest BCUT2D eigenvalue weighted by molar-refractivity contribution is 0.473. The Labute approximate surface area is 99.8 Å². The predicted molar refractivity (Wildman–Crippen MR) is 60.0 cm³/mol. The molecule has 1 aromatic heterocycles. The third-order valence-corrected chi connectivity index (χ3v) is 2.65. The molecule has 16 heavy (non-hydrogen) atoms. The lowest BCUT2D eigenvalue weighted by Gasteiger charge is -1.99. The molecule has 0 bridgehead atoms. The first-order valence-electron chi connectivity index (χ1n) is 4.62. The van der Waals surface area contributed by atoms with E-state index in [9.17, 15) is 4.39 Å². The van der Waals surface area contributed by atoms with Crippen molar-refractivity contribution in [2.75, 3.05) is 0 Å². The first-order valence-corrected chi connectivity index (χ1v) is 5.41. The molecule has 0 fully saturated rings. The van der Waals surface area contributed by atoms with Gasteiger partial charge in [0.15, 0.2) is 0 Å². The molecule has 0 radical (unpaired) electrons. The molecule has 2 aromatic rings. The number of hydrogen-bond acceptors (Lipinski definition) is 4. The molecule has 84 valence electrons. The maximum Gasteiger partial charge on any atom is 0.248 e. The van der Waals surface area contributed by atoms with Crippen molar-refractivity contribution in [3.63, 3.8) is 0 Å². The first kappa shape index (κ1) is 11.2. The smallest absolute Gasteiger partial charge is 0.248 e. The Morgan fingerprint density at radius 2 is 2.19 bits per heavy atom. The van der Waals surface area contributed by atoms with E-state index in [-0.39, 0.29) is 11.9 Å². The number of nitrogens with zero attached hydrogens (tertiary/aromatic N) is 2. The van der Waals surface area contributed by atoms with Crippen LogP contribution in [-0.2, 0) is 0 Å². The molecule has 4 nitrogen and oxygen atoms in total. The number of halogens is 2. The Morgan fingerprint density at radius 3 is 2.75 bits per heavy atom. The third kappa shape index (κ3) is 2.12. The van der Waals surface area contributed by atoms with Crippen LogP contribution in [0.15, 0.2) is 27.1 Å². The van der Waals surface area contributed by atoms with Crippen molar-refractivity contribution in [1.29, 1.82) is 0 Å². The highest BCUT2D eigenvalue weighted by molar-refractivity contribution is 9.10. The lowest BCUT2D eigenvalue weighted by Crippen LogP contribution is -2.04. The van der Waals surface area contributed by atoms with E-state index in [0.29, 0.717) is 21.8 Å². The van der Waals surface area contributed by atoms with E-state index in [1.165, 1.54) is 12.1 Å². The summed E-state index contributed by atoms with van der Waals surface area (Å²) in [5, 5.41) is 7.65. The van der Waals surface area contributed by atoms with Gasteiger partial charge in [-0.1, -0.05) is 0 Å². The van der Waals surface area contributed by atoms with Crippen molar-refractivity contribution >= 4 is 15.9 Å². The van der Waals surface area contributed by atoms with E-state index >= 15 is 0 Å². The second-order valence-corrected chi connectivity index (χ2v) is 4.21. The molecule has 0 aliphatic carbocycles. The predicted octanol–water partition coefficient (Wildman–Crippen LogP) is 2.66. The van der Waals surface area contributed by atoms with E-state index in [4.69, 9.17) is 10.2 Å². The van der Waals surface area contributed by atoms with Gasteiger partial charge in [0.05, 0.1) is 11.6 Å². The van der Waals surface area contributed by atoms with Crippen LogP contribution in [0.25, 0.3) is 11.5 Å². The molecule has 0 saturated heterocycles. The fourth-order valence-electron chi connectivity index (χ4n) is 1.19. The fraction of sp³-hybridized carbons (Fsp3) is 0.200.